The molecule has 1 aliphatic rings. The zero-order chi connectivity index (χ0) is 14.5. The van der Waals surface area contributed by atoms with E-state index in [1.807, 2.05) is 12.1 Å². The Kier molecular flexibility index (Phi) is 5.12. The van der Waals surface area contributed by atoms with Crippen molar-refractivity contribution >= 4 is 5.69 Å². The Labute approximate surface area is 122 Å². The number of hydrogen-bond donors (Lipinski definition) is 1. The second-order valence-electron chi connectivity index (χ2n) is 5.60. The molecule has 0 amide bonds. The van der Waals surface area contributed by atoms with Crippen LogP contribution in [0.1, 0.15) is 24.8 Å². The summed E-state index contributed by atoms with van der Waals surface area (Å²) in [5, 5.41) is 3.67. The van der Waals surface area contributed by atoms with E-state index < -0.39 is 0 Å². The summed E-state index contributed by atoms with van der Waals surface area (Å²) in [5.41, 5.74) is 2.34. The van der Waals surface area contributed by atoms with Crippen molar-refractivity contribution < 1.29 is 9.47 Å². The first kappa shape index (κ1) is 15.0. The minimum absolute atomic E-state index is 0.539. The standard InChI is InChI=1S/C16H26N2O2/c1-12-10-15(19-3)16(20-4)11-14(12)17-13-6-5-8-18(2)9-7-13/h10-11,13,17H,5-9H2,1-4H3. The number of ether oxygens (including phenoxy) is 2. The molecule has 1 atom stereocenters. The molecule has 0 aliphatic carbocycles. The van der Waals surface area contributed by atoms with E-state index in [2.05, 4.69) is 24.2 Å². The van der Waals surface area contributed by atoms with Gasteiger partial charge in [0.25, 0.3) is 0 Å². The molecule has 1 saturated heterocycles. The third kappa shape index (κ3) is 3.57. The van der Waals surface area contributed by atoms with Crippen molar-refractivity contribution in [1.29, 1.82) is 0 Å². The SMILES string of the molecule is COc1cc(C)c(NC2CCCN(C)CC2)cc1OC. The molecular weight excluding hydrogens is 252 g/mol. The molecule has 1 aromatic rings. The van der Waals surface area contributed by atoms with Crippen molar-refractivity contribution in [3.8, 4) is 11.5 Å². The third-order valence-electron chi connectivity index (χ3n) is 4.04. The van der Waals surface area contributed by atoms with Crippen LogP contribution in [0.5, 0.6) is 11.5 Å². The molecule has 4 nitrogen and oxygen atoms in total. The monoisotopic (exact) mass is 278 g/mol. The lowest BCUT2D eigenvalue weighted by Crippen LogP contribution is -2.23. The van der Waals surface area contributed by atoms with Gasteiger partial charge in [0.15, 0.2) is 11.5 Å². The maximum Gasteiger partial charge on any atom is 0.162 e. The summed E-state index contributed by atoms with van der Waals surface area (Å²) in [6.07, 6.45) is 3.66. The maximum absolute atomic E-state index is 5.39. The van der Waals surface area contributed by atoms with E-state index in [4.69, 9.17) is 9.47 Å². The number of rotatable bonds is 4. The van der Waals surface area contributed by atoms with E-state index >= 15 is 0 Å². The largest absolute Gasteiger partial charge is 0.493 e. The average Bonchev–Trinajstić information content (AvgIpc) is 2.65. The molecule has 1 N–H and O–H groups in total. The Bertz CT molecular complexity index is 448. The Hall–Kier alpha value is -1.42. The van der Waals surface area contributed by atoms with Gasteiger partial charge in [-0.2, -0.15) is 0 Å². The summed E-state index contributed by atoms with van der Waals surface area (Å²) in [5.74, 6) is 1.57. The predicted molar refractivity (Wildman–Crippen MR) is 83.0 cm³/mol. The summed E-state index contributed by atoms with van der Waals surface area (Å²) >= 11 is 0. The number of benzene rings is 1. The number of nitrogens with one attached hydrogen (secondary N) is 1. The Morgan fingerprint density at radius 2 is 1.80 bits per heavy atom. The molecule has 0 spiro atoms. The second-order valence-corrected chi connectivity index (χ2v) is 5.60. The number of likely N-dealkylation sites (tertiary alicyclic amines) is 1. The fraction of sp³-hybridized carbons (Fsp3) is 0.625. The van der Waals surface area contributed by atoms with Crippen LogP contribution < -0.4 is 14.8 Å². The van der Waals surface area contributed by atoms with Crippen LogP contribution in [0.3, 0.4) is 0 Å². The molecule has 20 heavy (non-hydrogen) atoms. The van der Waals surface area contributed by atoms with Crippen molar-refractivity contribution in [2.45, 2.75) is 32.2 Å². The summed E-state index contributed by atoms with van der Waals surface area (Å²) in [6, 6.07) is 4.61. The fourth-order valence-electron chi connectivity index (χ4n) is 2.74. The van der Waals surface area contributed by atoms with Crippen LogP contribution in [0.4, 0.5) is 5.69 Å². The van der Waals surface area contributed by atoms with Crippen LogP contribution in [-0.2, 0) is 0 Å². The summed E-state index contributed by atoms with van der Waals surface area (Å²) in [7, 11) is 5.55. The molecule has 1 unspecified atom stereocenters. The minimum atomic E-state index is 0.539. The summed E-state index contributed by atoms with van der Waals surface area (Å²) in [4.78, 5) is 2.41. The lowest BCUT2D eigenvalue weighted by molar-refractivity contribution is 0.348. The molecule has 1 aromatic carbocycles. The summed E-state index contributed by atoms with van der Waals surface area (Å²) in [6.45, 7) is 4.46. The molecule has 1 heterocycles. The van der Waals surface area contributed by atoms with Gasteiger partial charge in [-0.25, -0.2) is 0 Å². The number of nitrogens with zero attached hydrogens (tertiary/aromatic N) is 1. The van der Waals surface area contributed by atoms with Crippen molar-refractivity contribution in [3.05, 3.63) is 17.7 Å². The first-order valence-electron chi connectivity index (χ1n) is 7.31. The highest BCUT2D eigenvalue weighted by Crippen LogP contribution is 2.33. The van der Waals surface area contributed by atoms with Crippen molar-refractivity contribution in [2.75, 3.05) is 39.7 Å². The number of anilines is 1. The van der Waals surface area contributed by atoms with E-state index in [9.17, 15) is 0 Å². The number of aryl methyl sites for hydroxylation is 1. The van der Waals surface area contributed by atoms with Gasteiger partial charge in [-0.05, 0) is 58.0 Å². The van der Waals surface area contributed by atoms with Crippen LogP contribution in [-0.4, -0.2) is 45.3 Å². The average molecular weight is 278 g/mol. The fourth-order valence-corrected chi connectivity index (χ4v) is 2.74. The molecule has 1 aliphatic heterocycles. The zero-order valence-electron chi connectivity index (χ0n) is 13.0. The van der Waals surface area contributed by atoms with Crippen LogP contribution in [0, 0.1) is 6.92 Å². The molecule has 112 valence electrons. The predicted octanol–water partition coefficient (Wildman–Crippen LogP) is 2.91. The molecule has 0 bridgehead atoms. The zero-order valence-corrected chi connectivity index (χ0v) is 13.0. The molecule has 1 fully saturated rings. The van der Waals surface area contributed by atoms with E-state index in [1.165, 1.54) is 31.4 Å². The van der Waals surface area contributed by atoms with Crippen LogP contribution in [0.15, 0.2) is 12.1 Å². The van der Waals surface area contributed by atoms with Gasteiger partial charge in [0.1, 0.15) is 0 Å². The Morgan fingerprint density at radius 3 is 2.50 bits per heavy atom. The lowest BCUT2D eigenvalue weighted by atomic mass is 10.1. The highest BCUT2D eigenvalue weighted by atomic mass is 16.5. The Balaban J connectivity index is 2.12. The highest BCUT2D eigenvalue weighted by Gasteiger charge is 2.16. The second kappa shape index (κ2) is 6.84. The van der Waals surface area contributed by atoms with Gasteiger partial charge in [-0.1, -0.05) is 0 Å². The normalized spacial score (nSPS) is 20.3. The molecule has 0 aromatic heterocycles. The summed E-state index contributed by atoms with van der Waals surface area (Å²) < 4.78 is 10.7. The minimum Gasteiger partial charge on any atom is -0.493 e. The lowest BCUT2D eigenvalue weighted by Gasteiger charge is -2.21. The highest BCUT2D eigenvalue weighted by molar-refractivity contribution is 5.60. The van der Waals surface area contributed by atoms with E-state index in [0.717, 1.165) is 23.7 Å². The van der Waals surface area contributed by atoms with Crippen molar-refractivity contribution in [2.24, 2.45) is 0 Å². The Morgan fingerprint density at radius 1 is 1.10 bits per heavy atom. The first-order valence-corrected chi connectivity index (χ1v) is 7.31. The van der Waals surface area contributed by atoms with Gasteiger partial charge in [-0.15, -0.1) is 0 Å². The van der Waals surface area contributed by atoms with E-state index in [-0.39, 0.29) is 0 Å². The number of methoxy groups -OCH3 is 2. The van der Waals surface area contributed by atoms with Crippen LogP contribution >= 0.6 is 0 Å². The quantitative estimate of drug-likeness (QED) is 0.918. The molecular formula is C16H26N2O2. The smallest absolute Gasteiger partial charge is 0.162 e. The van der Waals surface area contributed by atoms with Crippen LogP contribution in [0.2, 0.25) is 0 Å². The maximum atomic E-state index is 5.39. The van der Waals surface area contributed by atoms with E-state index in [0.29, 0.717) is 6.04 Å². The molecule has 0 radical (unpaired) electrons. The topological polar surface area (TPSA) is 33.7 Å². The van der Waals surface area contributed by atoms with Gasteiger partial charge in [0.2, 0.25) is 0 Å². The molecule has 0 saturated carbocycles. The van der Waals surface area contributed by atoms with Gasteiger partial charge in [0.05, 0.1) is 14.2 Å². The van der Waals surface area contributed by atoms with Crippen LogP contribution in [0.25, 0.3) is 0 Å². The van der Waals surface area contributed by atoms with Crippen molar-refractivity contribution in [3.63, 3.8) is 0 Å². The molecule has 2 rings (SSSR count). The number of hydrogen-bond acceptors (Lipinski definition) is 4. The van der Waals surface area contributed by atoms with Gasteiger partial charge >= 0.3 is 0 Å². The van der Waals surface area contributed by atoms with Gasteiger partial charge < -0.3 is 19.7 Å². The van der Waals surface area contributed by atoms with Gasteiger partial charge in [-0.3, -0.25) is 0 Å². The first-order chi connectivity index (χ1) is 9.63. The molecule has 4 heteroatoms. The van der Waals surface area contributed by atoms with E-state index in [1.54, 1.807) is 14.2 Å². The third-order valence-corrected chi connectivity index (χ3v) is 4.04. The van der Waals surface area contributed by atoms with Crippen molar-refractivity contribution in [1.82, 2.24) is 4.90 Å². The van der Waals surface area contributed by atoms with Gasteiger partial charge in [0, 0.05) is 17.8 Å².